The van der Waals surface area contributed by atoms with Crippen molar-refractivity contribution in [3.63, 3.8) is 0 Å². The summed E-state index contributed by atoms with van der Waals surface area (Å²) in [6, 6.07) is 21.5. The van der Waals surface area contributed by atoms with E-state index in [4.69, 9.17) is 0 Å². The second-order valence-corrected chi connectivity index (χ2v) is 10.2. The Kier molecular flexibility index (Phi) is 6.07. The molecule has 0 bridgehead atoms. The van der Waals surface area contributed by atoms with Gasteiger partial charge in [-0.3, -0.25) is 9.10 Å². The number of nitrogens with zero attached hydrogens (tertiary/aromatic N) is 2. The van der Waals surface area contributed by atoms with Crippen LogP contribution in [0.4, 0.5) is 11.4 Å². The molecule has 0 aromatic heterocycles. The Bertz CT molecular complexity index is 1190. The van der Waals surface area contributed by atoms with E-state index in [1.807, 2.05) is 29.4 Å². The lowest BCUT2D eigenvalue weighted by Gasteiger charge is -2.29. The molecule has 1 aliphatic rings. The highest BCUT2D eigenvalue weighted by atomic mass is 32.2. The molecule has 3 aromatic rings. The van der Waals surface area contributed by atoms with Gasteiger partial charge in [0.2, 0.25) is 0 Å². The zero-order chi connectivity index (χ0) is 22.0. The third kappa shape index (κ3) is 4.20. The monoisotopic (exact) mass is 452 g/mol. The SMILES string of the molecule is CSc1ccc(S(=O)(=O)N(C)c2ccc(C(=O)N3CCCc4ccccc43)cc2)cc1. The maximum absolute atomic E-state index is 13.1. The van der Waals surface area contributed by atoms with Crippen molar-refractivity contribution in [1.29, 1.82) is 0 Å². The van der Waals surface area contributed by atoms with Crippen LogP contribution in [0.15, 0.2) is 82.6 Å². The van der Waals surface area contributed by atoms with Crippen LogP contribution >= 0.6 is 11.8 Å². The maximum Gasteiger partial charge on any atom is 0.264 e. The lowest BCUT2D eigenvalue weighted by Crippen LogP contribution is -2.35. The molecular formula is C24H24N2O3S2. The number of benzene rings is 3. The zero-order valence-electron chi connectivity index (χ0n) is 17.5. The van der Waals surface area contributed by atoms with Crippen molar-refractivity contribution in [2.24, 2.45) is 0 Å². The van der Waals surface area contributed by atoms with E-state index in [0.29, 0.717) is 17.8 Å². The number of para-hydroxylation sites is 1. The molecule has 5 nitrogen and oxygen atoms in total. The summed E-state index contributed by atoms with van der Waals surface area (Å²) in [6.07, 6.45) is 3.84. The van der Waals surface area contributed by atoms with E-state index in [0.717, 1.165) is 23.4 Å². The minimum atomic E-state index is -3.68. The first-order valence-electron chi connectivity index (χ1n) is 10.0. The van der Waals surface area contributed by atoms with Crippen LogP contribution in [0.25, 0.3) is 0 Å². The van der Waals surface area contributed by atoms with Gasteiger partial charge in [0.1, 0.15) is 0 Å². The Labute approximate surface area is 187 Å². The lowest BCUT2D eigenvalue weighted by atomic mass is 10.0. The molecule has 0 N–H and O–H groups in total. The first-order chi connectivity index (χ1) is 14.9. The van der Waals surface area contributed by atoms with Gasteiger partial charge < -0.3 is 4.90 Å². The minimum Gasteiger partial charge on any atom is -0.308 e. The fourth-order valence-corrected chi connectivity index (χ4v) is 5.36. The van der Waals surface area contributed by atoms with E-state index in [9.17, 15) is 13.2 Å². The van der Waals surface area contributed by atoms with Crippen molar-refractivity contribution in [2.75, 3.05) is 29.1 Å². The van der Waals surface area contributed by atoms with Gasteiger partial charge >= 0.3 is 0 Å². The van der Waals surface area contributed by atoms with Gasteiger partial charge in [0.15, 0.2) is 0 Å². The summed E-state index contributed by atoms with van der Waals surface area (Å²) in [7, 11) is -2.16. The summed E-state index contributed by atoms with van der Waals surface area (Å²) >= 11 is 1.56. The summed E-state index contributed by atoms with van der Waals surface area (Å²) in [4.78, 5) is 16.2. The van der Waals surface area contributed by atoms with Gasteiger partial charge in [-0.15, -0.1) is 11.8 Å². The van der Waals surface area contributed by atoms with Crippen molar-refractivity contribution in [2.45, 2.75) is 22.6 Å². The fraction of sp³-hybridized carbons (Fsp3) is 0.208. The molecule has 0 aliphatic carbocycles. The maximum atomic E-state index is 13.1. The summed E-state index contributed by atoms with van der Waals surface area (Å²) in [5.74, 6) is -0.0723. The average Bonchev–Trinajstić information content (AvgIpc) is 2.83. The van der Waals surface area contributed by atoms with E-state index < -0.39 is 10.0 Å². The Morgan fingerprint density at radius 1 is 0.968 bits per heavy atom. The van der Waals surface area contributed by atoms with Crippen molar-refractivity contribution in [1.82, 2.24) is 0 Å². The fourth-order valence-electron chi connectivity index (χ4n) is 3.76. The molecule has 0 saturated heterocycles. The number of hydrogen-bond donors (Lipinski definition) is 0. The van der Waals surface area contributed by atoms with E-state index >= 15 is 0 Å². The molecule has 1 amide bonds. The van der Waals surface area contributed by atoms with Crippen LogP contribution in [-0.2, 0) is 16.4 Å². The van der Waals surface area contributed by atoms with Crippen molar-refractivity contribution in [3.8, 4) is 0 Å². The van der Waals surface area contributed by atoms with Gasteiger partial charge in [0, 0.05) is 29.7 Å². The third-order valence-corrected chi connectivity index (χ3v) is 8.09. The molecule has 0 fully saturated rings. The van der Waals surface area contributed by atoms with Crippen LogP contribution < -0.4 is 9.21 Å². The van der Waals surface area contributed by atoms with Crippen LogP contribution in [0.3, 0.4) is 0 Å². The molecule has 3 aromatic carbocycles. The van der Waals surface area contributed by atoms with Gasteiger partial charge in [-0.1, -0.05) is 18.2 Å². The first kappa shape index (κ1) is 21.5. The molecule has 1 aliphatic heterocycles. The summed E-state index contributed by atoms with van der Waals surface area (Å²) in [5.41, 5.74) is 3.17. The largest absolute Gasteiger partial charge is 0.308 e. The number of amides is 1. The summed E-state index contributed by atoms with van der Waals surface area (Å²) in [6.45, 7) is 0.678. The van der Waals surface area contributed by atoms with Crippen molar-refractivity contribution in [3.05, 3.63) is 83.9 Å². The van der Waals surface area contributed by atoms with Crippen molar-refractivity contribution < 1.29 is 13.2 Å². The molecule has 31 heavy (non-hydrogen) atoms. The lowest BCUT2D eigenvalue weighted by molar-refractivity contribution is 0.0985. The van der Waals surface area contributed by atoms with Crippen LogP contribution in [0.2, 0.25) is 0 Å². The second-order valence-electron chi connectivity index (χ2n) is 7.38. The predicted molar refractivity (Wildman–Crippen MR) is 127 cm³/mol. The normalized spacial score (nSPS) is 13.5. The Balaban J connectivity index is 1.56. The van der Waals surface area contributed by atoms with Crippen molar-refractivity contribution >= 4 is 39.1 Å². The quantitative estimate of drug-likeness (QED) is 0.521. The predicted octanol–water partition coefficient (Wildman–Crippen LogP) is 4.83. The molecule has 0 saturated carbocycles. The number of carbonyl (C=O) groups is 1. The second kappa shape index (κ2) is 8.77. The molecule has 0 atom stereocenters. The van der Waals surface area contributed by atoms with Crippen LogP contribution in [-0.4, -0.2) is 34.2 Å². The van der Waals surface area contributed by atoms with E-state index in [1.165, 1.54) is 16.9 Å². The number of anilines is 2. The zero-order valence-corrected chi connectivity index (χ0v) is 19.1. The molecule has 4 rings (SSSR count). The number of rotatable bonds is 5. The van der Waals surface area contributed by atoms with Gasteiger partial charge in [-0.25, -0.2) is 8.42 Å². The highest BCUT2D eigenvalue weighted by Crippen LogP contribution is 2.29. The van der Waals surface area contributed by atoms with Gasteiger partial charge in [-0.2, -0.15) is 0 Å². The molecular weight excluding hydrogens is 428 g/mol. The van der Waals surface area contributed by atoms with E-state index in [-0.39, 0.29) is 10.8 Å². The van der Waals surface area contributed by atoms with Crippen LogP contribution in [0.5, 0.6) is 0 Å². The third-order valence-electron chi connectivity index (χ3n) is 5.55. The van der Waals surface area contributed by atoms with Gasteiger partial charge in [-0.05, 0) is 79.3 Å². The first-order valence-corrected chi connectivity index (χ1v) is 12.7. The van der Waals surface area contributed by atoms with E-state index in [2.05, 4.69) is 6.07 Å². The topological polar surface area (TPSA) is 57.7 Å². The standard InChI is InChI=1S/C24H24N2O3S2/c1-25(31(28,29)22-15-13-21(30-2)14-16-22)20-11-9-19(10-12-20)24(27)26-17-5-7-18-6-3-4-8-23(18)26/h3-4,6,8-16H,5,7,17H2,1-2H3. The van der Waals surface area contributed by atoms with Crippen LogP contribution in [0, 0.1) is 0 Å². The molecule has 7 heteroatoms. The molecule has 0 unspecified atom stereocenters. The smallest absolute Gasteiger partial charge is 0.264 e. The van der Waals surface area contributed by atoms with Gasteiger partial charge in [0.25, 0.3) is 15.9 Å². The average molecular weight is 453 g/mol. The minimum absolute atomic E-state index is 0.0723. The number of aryl methyl sites for hydroxylation is 1. The summed E-state index contributed by atoms with van der Waals surface area (Å²) in [5, 5.41) is 0. The number of fused-ring (bicyclic) bond motifs is 1. The Hall–Kier alpha value is -2.77. The van der Waals surface area contributed by atoms with E-state index in [1.54, 1.807) is 60.3 Å². The highest BCUT2D eigenvalue weighted by molar-refractivity contribution is 7.98. The highest BCUT2D eigenvalue weighted by Gasteiger charge is 2.25. The number of thioether (sulfide) groups is 1. The number of hydrogen-bond acceptors (Lipinski definition) is 4. The van der Waals surface area contributed by atoms with Gasteiger partial charge in [0.05, 0.1) is 10.6 Å². The van der Waals surface area contributed by atoms with Crippen LogP contribution in [0.1, 0.15) is 22.3 Å². The Morgan fingerprint density at radius 3 is 2.32 bits per heavy atom. The summed E-state index contributed by atoms with van der Waals surface area (Å²) < 4.78 is 27.2. The molecule has 0 spiro atoms. The molecule has 1 heterocycles. The molecule has 160 valence electrons. The number of carbonyl (C=O) groups excluding carboxylic acids is 1. The number of sulfonamides is 1. The Morgan fingerprint density at radius 2 is 1.65 bits per heavy atom. The molecule has 0 radical (unpaired) electrons.